The number of urea groups is 1. The molecule has 14 heteroatoms. The van der Waals surface area contributed by atoms with Gasteiger partial charge >= 0.3 is 12.2 Å². The van der Waals surface area contributed by atoms with Crippen molar-refractivity contribution in [1.29, 1.82) is 0 Å². The van der Waals surface area contributed by atoms with Gasteiger partial charge in [0, 0.05) is 49.2 Å². The summed E-state index contributed by atoms with van der Waals surface area (Å²) in [6, 6.07) is 12.5. The molecule has 0 radical (unpaired) electrons. The number of rotatable bonds is 13. The lowest BCUT2D eigenvalue weighted by molar-refractivity contribution is -0.138. The van der Waals surface area contributed by atoms with E-state index in [1.165, 1.54) is 18.5 Å². The summed E-state index contributed by atoms with van der Waals surface area (Å²) in [4.78, 5) is 21.0. The number of fused-ring (bicyclic) bond motifs is 1. The van der Waals surface area contributed by atoms with Gasteiger partial charge in [0.15, 0.2) is 11.5 Å². The first-order valence-electron chi connectivity index (χ1n) is 12.9. The van der Waals surface area contributed by atoms with Crippen LogP contribution in [-0.2, 0) is 15.7 Å². The molecule has 2 amide bonds. The Morgan fingerprint density at radius 1 is 0.837 bits per heavy atom. The fourth-order valence-electron chi connectivity index (χ4n) is 3.80. The van der Waals surface area contributed by atoms with Gasteiger partial charge in [0.05, 0.1) is 29.7 Å². The molecule has 4 rings (SSSR count). The Hall–Kier alpha value is -4.14. The van der Waals surface area contributed by atoms with Crippen molar-refractivity contribution in [2.24, 2.45) is 0 Å². The third-order valence-corrected chi connectivity index (χ3v) is 6.51. The summed E-state index contributed by atoms with van der Waals surface area (Å²) in [5, 5.41) is 5.55. The number of amides is 2. The Labute approximate surface area is 253 Å². The van der Waals surface area contributed by atoms with Gasteiger partial charge in [0.2, 0.25) is 5.88 Å². The molecule has 0 aliphatic heterocycles. The van der Waals surface area contributed by atoms with E-state index in [0.717, 1.165) is 6.07 Å². The molecule has 0 bridgehead atoms. The van der Waals surface area contributed by atoms with Crippen LogP contribution in [0.5, 0.6) is 23.1 Å². The van der Waals surface area contributed by atoms with Crippen molar-refractivity contribution in [3.05, 3.63) is 71.0 Å². The SMILES string of the molecule is COCCCOc1cc2c(Oc3ccc(NC(=O)Nc4ccc(Br)c(C(F)(F)F)c4)cc3)ncnc2cc1OCCOC. The van der Waals surface area contributed by atoms with E-state index >= 15 is 0 Å². The van der Waals surface area contributed by atoms with Gasteiger partial charge in [-0.1, -0.05) is 15.9 Å². The first-order chi connectivity index (χ1) is 20.7. The van der Waals surface area contributed by atoms with E-state index in [1.54, 1.807) is 50.6 Å². The number of nitrogens with one attached hydrogen (secondary N) is 2. The van der Waals surface area contributed by atoms with E-state index in [1.807, 2.05) is 0 Å². The highest BCUT2D eigenvalue weighted by Crippen LogP contribution is 2.37. The number of hydrogen-bond donors (Lipinski definition) is 2. The molecule has 2 N–H and O–H groups in total. The van der Waals surface area contributed by atoms with Crippen LogP contribution >= 0.6 is 15.9 Å². The molecule has 43 heavy (non-hydrogen) atoms. The minimum absolute atomic E-state index is 0.0158. The second-order valence-corrected chi connectivity index (χ2v) is 9.78. The number of aromatic nitrogens is 2. The molecule has 0 spiro atoms. The van der Waals surface area contributed by atoms with Gasteiger partial charge in [-0.05, 0) is 48.5 Å². The number of nitrogens with zero attached hydrogens (tertiary/aromatic N) is 2. The highest BCUT2D eigenvalue weighted by Gasteiger charge is 2.33. The molecule has 10 nitrogen and oxygen atoms in total. The van der Waals surface area contributed by atoms with Crippen molar-refractivity contribution < 1.29 is 41.7 Å². The largest absolute Gasteiger partial charge is 0.490 e. The minimum Gasteiger partial charge on any atom is -0.490 e. The first kappa shape index (κ1) is 31.8. The highest BCUT2D eigenvalue weighted by molar-refractivity contribution is 9.10. The molecule has 0 atom stereocenters. The monoisotopic (exact) mass is 664 g/mol. The number of anilines is 2. The average Bonchev–Trinajstić information content (AvgIpc) is 2.97. The normalized spacial score (nSPS) is 11.3. The van der Waals surface area contributed by atoms with E-state index in [9.17, 15) is 18.0 Å². The average molecular weight is 665 g/mol. The second-order valence-electron chi connectivity index (χ2n) is 8.93. The summed E-state index contributed by atoms with van der Waals surface area (Å²) in [6.07, 6.45) is -2.53. The maximum atomic E-state index is 13.2. The standard InChI is InChI=1S/C29H28BrF3N4O6/c1-39-10-3-11-41-25-15-21-24(16-26(25)42-13-12-40-2)34-17-35-27(21)43-20-7-4-18(5-8-20)36-28(38)37-19-6-9-23(30)22(14-19)29(31,32)33/h4-9,14-17H,3,10-13H2,1-2H3,(H2,36,37,38). The summed E-state index contributed by atoms with van der Waals surface area (Å²) < 4.78 is 67.3. The van der Waals surface area contributed by atoms with E-state index in [4.69, 9.17) is 23.7 Å². The van der Waals surface area contributed by atoms with Crippen LogP contribution in [0.1, 0.15) is 12.0 Å². The van der Waals surface area contributed by atoms with Crippen molar-refractivity contribution >= 4 is 44.2 Å². The molecular weight excluding hydrogens is 637 g/mol. The number of carbonyl (C=O) groups is 1. The molecular formula is C29H28BrF3N4O6. The fourth-order valence-corrected chi connectivity index (χ4v) is 4.27. The molecule has 4 aromatic rings. The lowest BCUT2D eigenvalue weighted by atomic mass is 10.2. The predicted molar refractivity (Wildman–Crippen MR) is 157 cm³/mol. The van der Waals surface area contributed by atoms with Gasteiger partial charge in [0.1, 0.15) is 18.7 Å². The van der Waals surface area contributed by atoms with Crippen molar-refractivity contribution in [2.75, 3.05) is 51.3 Å². The molecule has 1 aromatic heterocycles. The summed E-state index contributed by atoms with van der Waals surface area (Å²) >= 11 is 2.87. The number of alkyl halides is 3. The smallest absolute Gasteiger partial charge is 0.417 e. The third-order valence-electron chi connectivity index (χ3n) is 5.82. The van der Waals surface area contributed by atoms with E-state index < -0.39 is 17.8 Å². The fraction of sp³-hybridized carbons (Fsp3) is 0.276. The number of benzene rings is 3. The van der Waals surface area contributed by atoms with Gasteiger partial charge in [0.25, 0.3) is 0 Å². The Balaban J connectivity index is 1.46. The lowest BCUT2D eigenvalue weighted by Gasteiger charge is -2.15. The summed E-state index contributed by atoms with van der Waals surface area (Å²) in [6.45, 7) is 1.66. The van der Waals surface area contributed by atoms with E-state index in [2.05, 4.69) is 36.5 Å². The van der Waals surface area contributed by atoms with Gasteiger partial charge < -0.3 is 34.3 Å². The Bertz CT molecular complexity index is 1540. The van der Waals surface area contributed by atoms with Crippen LogP contribution in [0, 0.1) is 0 Å². The molecule has 0 saturated carbocycles. The Morgan fingerprint density at radius 2 is 1.51 bits per heavy atom. The quantitative estimate of drug-likeness (QED) is 0.143. The topological polar surface area (TPSA) is 113 Å². The van der Waals surface area contributed by atoms with Crippen LogP contribution in [0.4, 0.5) is 29.3 Å². The molecule has 0 saturated heterocycles. The molecule has 0 unspecified atom stereocenters. The third kappa shape index (κ3) is 8.92. The molecule has 228 valence electrons. The van der Waals surface area contributed by atoms with Crippen molar-refractivity contribution in [2.45, 2.75) is 12.6 Å². The Kier molecular flexibility index (Phi) is 11.0. The summed E-state index contributed by atoms with van der Waals surface area (Å²) in [5.41, 5.74) is 0.0370. The minimum atomic E-state index is -4.57. The van der Waals surface area contributed by atoms with Crippen LogP contribution in [-0.4, -0.2) is 56.6 Å². The number of ether oxygens (including phenoxy) is 5. The molecule has 3 aromatic carbocycles. The Morgan fingerprint density at radius 3 is 2.23 bits per heavy atom. The van der Waals surface area contributed by atoms with Crippen LogP contribution in [0.25, 0.3) is 10.9 Å². The van der Waals surface area contributed by atoms with E-state index in [-0.39, 0.29) is 16.0 Å². The highest BCUT2D eigenvalue weighted by atomic mass is 79.9. The zero-order valence-electron chi connectivity index (χ0n) is 23.2. The number of halogens is 4. The van der Waals surface area contributed by atoms with Gasteiger partial charge in [-0.2, -0.15) is 13.2 Å². The lowest BCUT2D eigenvalue weighted by Crippen LogP contribution is -2.19. The number of carbonyl (C=O) groups excluding carboxylic acids is 1. The van der Waals surface area contributed by atoms with Gasteiger partial charge in [-0.15, -0.1) is 0 Å². The second kappa shape index (κ2) is 14.8. The van der Waals surface area contributed by atoms with Crippen LogP contribution in [0.15, 0.2) is 65.4 Å². The van der Waals surface area contributed by atoms with Gasteiger partial charge in [-0.25, -0.2) is 14.8 Å². The number of methoxy groups -OCH3 is 2. The predicted octanol–water partition coefficient (Wildman–Crippen LogP) is 7.29. The molecule has 0 aliphatic carbocycles. The maximum absolute atomic E-state index is 13.2. The molecule has 0 fully saturated rings. The van der Waals surface area contributed by atoms with Gasteiger partial charge in [-0.3, -0.25) is 0 Å². The molecule has 0 aliphatic rings. The van der Waals surface area contributed by atoms with Crippen molar-refractivity contribution in [3.8, 4) is 23.1 Å². The zero-order chi connectivity index (χ0) is 30.8. The molecule has 1 heterocycles. The number of hydrogen-bond acceptors (Lipinski definition) is 8. The zero-order valence-corrected chi connectivity index (χ0v) is 24.8. The van der Waals surface area contributed by atoms with Crippen LogP contribution in [0.3, 0.4) is 0 Å². The maximum Gasteiger partial charge on any atom is 0.417 e. The summed E-state index contributed by atoms with van der Waals surface area (Å²) in [5.74, 6) is 1.66. The van der Waals surface area contributed by atoms with Crippen molar-refractivity contribution in [3.63, 3.8) is 0 Å². The van der Waals surface area contributed by atoms with Crippen LogP contribution < -0.4 is 24.8 Å². The first-order valence-corrected chi connectivity index (χ1v) is 13.7. The van der Waals surface area contributed by atoms with Crippen molar-refractivity contribution in [1.82, 2.24) is 9.97 Å². The van der Waals surface area contributed by atoms with Crippen LogP contribution in [0.2, 0.25) is 0 Å². The summed E-state index contributed by atoms with van der Waals surface area (Å²) in [7, 11) is 3.20. The van der Waals surface area contributed by atoms with E-state index in [0.29, 0.717) is 66.7 Å².